The van der Waals surface area contributed by atoms with E-state index < -0.39 is 0 Å². The molecule has 5 rings (SSSR count). The summed E-state index contributed by atoms with van der Waals surface area (Å²) in [5.41, 5.74) is 5.83. The minimum absolute atomic E-state index is 0.652. The molecule has 0 N–H and O–H groups in total. The number of aromatic nitrogens is 2. The number of hydrogen-bond donors (Lipinski definition) is 0. The Morgan fingerprint density at radius 3 is 1.88 bits per heavy atom. The normalized spacial score (nSPS) is 12.3. The van der Waals surface area contributed by atoms with Crippen LogP contribution in [0.3, 0.4) is 0 Å². The molecule has 1 aromatic heterocycles. The van der Waals surface area contributed by atoms with Gasteiger partial charge in [0.1, 0.15) is 0 Å². The van der Waals surface area contributed by atoms with Crippen molar-refractivity contribution in [2.45, 2.75) is 13.3 Å². The highest BCUT2D eigenvalue weighted by atomic mass is 14.9. The minimum atomic E-state index is 0.652. The molecule has 0 aliphatic rings. The average molecular weight is 517 g/mol. The fourth-order valence-corrected chi connectivity index (χ4v) is 4.79. The molecule has 0 saturated heterocycles. The number of benzene rings is 4. The van der Waals surface area contributed by atoms with Gasteiger partial charge in [-0.1, -0.05) is 152 Å². The summed E-state index contributed by atoms with van der Waals surface area (Å²) >= 11 is 0. The molecule has 0 radical (unpaired) electrons. The molecule has 0 fully saturated rings. The van der Waals surface area contributed by atoms with E-state index in [1.807, 2.05) is 37.3 Å². The second kappa shape index (κ2) is 12.6. The quantitative estimate of drug-likeness (QED) is 0.182. The highest BCUT2D eigenvalue weighted by Crippen LogP contribution is 2.33. The van der Waals surface area contributed by atoms with E-state index in [9.17, 15) is 0 Å². The van der Waals surface area contributed by atoms with Crippen molar-refractivity contribution >= 4 is 27.1 Å². The van der Waals surface area contributed by atoms with E-state index in [1.54, 1.807) is 6.08 Å². The summed E-state index contributed by atoms with van der Waals surface area (Å²) in [6.07, 6.45) is 16.7. The van der Waals surface area contributed by atoms with Crippen molar-refractivity contribution in [1.82, 2.24) is 9.97 Å². The SMILES string of the molecule is C=C/C=C(\C=C/CC(=C)/C=C\C=C/C)c1nc(-c2cccc3ccccc23)cc(-c2cccc3ccccc23)n1. The van der Waals surface area contributed by atoms with Crippen LogP contribution in [0.15, 0.2) is 158 Å². The Hall–Kier alpha value is -5.08. The molecule has 40 heavy (non-hydrogen) atoms. The molecule has 0 spiro atoms. The summed E-state index contributed by atoms with van der Waals surface area (Å²) in [5, 5.41) is 4.68. The molecular formula is C38H32N2. The van der Waals surface area contributed by atoms with E-state index in [1.165, 1.54) is 10.8 Å². The van der Waals surface area contributed by atoms with Gasteiger partial charge in [-0.25, -0.2) is 9.97 Å². The predicted octanol–water partition coefficient (Wildman–Crippen LogP) is 10.3. The molecule has 0 bridgehead atoms. The van der Waals surface area contributed by atoms with Crippen molar-refractivity contribution in [2.75, 3.05) is 0 Å². The lowest BCUT2D eigenvalue weighted by Crippen LogP contribution is -1.99. The number of fused-ring (bicyclic) bond motifs is 2. The van der Waals surface area contributed by atoms with Gasteiger partial charge in [0, 0.05) is 16.7 Å². The lowest BCUT2D eigenvalue weighted by Gasteiger charge is -2.13. The Morgan fingerprint density at radius 1 is 0.725 bits per heavy atom. The monoisotopic (exact) mass is 516 g/mol. The Bertz CT molecular complexity index is 1710. The summed E-state index contributed by atoms with van der Waals surface area (Å²) < 4.78 is 0. The Labute approximate surface area is 236 Å². The number of nitrogens with zero attached hydrogens (tertiary/aromatic N) is 2. The van der Waals surface area contributed by atoms with E-state index in [2.05, 4.69) is 116 Å². The van der Waals surface area contributed by atoms with E-state index in [0.717, 1.165) is 50.9 Å². The van der Waals surface area contributed by atoms with E-state index >= 15 is 0 Å². The topological polar surface area (TPSA) is 25.8 Å². The summed E-state index contributed by atoms with van der Waals surface area (Å²) in [6.45, 7) is 10.1. The minimum Gasteiger partial charge on any atom is -0.228 e. The average Bonchev–Trinajstić information content (AvgIpc) is 3.00. The fourth-order valence-electron chi connectivity index (χ4n) is 4.79. The molecule has 194 valence electrons. The number of allylic oxidation sites excluding steroid dienone is 10. The number of hydrogen-bond acceptors (Lipinski definition) is 2. The molecule has 0 saturated carbocycles. The summed E-state index contributed by atoms with van der Waals surface area (Å²) in [6, 6.07) is 31.7. The van der Waals surface area contributed by atoms with Crippen LogP contribution in [0.4, 0.5) is 0 Å². The zero-order valence-corrected chi connectivity index (χ0v) is 22.8. The van der Waals surface area contributed by atoms with Gasteiger partial charge in [-0.05, 0) is 41.0 Å². The van der Waals surface area contributed by atoms with Crippen molar-refractivity contribution in [3.05, 3.63) is 164 Å². The highest BCUT2D eigenvalue weighted by Gasteiger charge is 2.14. The summed E-state index contributed by atoms with van der Waals surface area (Å²) in [7, 11) is 0. The van der Waals surface area contributed by atoms with Crippen LogP contribution >= 0.6 is 0 Å². The Morgan fingerprint density at radius 2 is 1.30 bits per heavy atom. The maximum absolute atomic E-state index is 5.11. The van der Waals surface area contributed by atoms with Gasteiger partial charge in [0.05, 0.1) is 11.4 Å². The van der Waals surface area contributed by atoms with Crippen molar-refractivity contribution in [2.24, 2.45) is 0 Å². The van der Waals surface area contributed by atoms with Gasteiger partial charge in [0.25, 0.3) is 0 Å². The first-order valence-electron chi connectivity index (χ1n) is 13.5. The third kappa shape index (κ3) is 5.98. The summed E-state index contributed by atoms with van der Waals surface area (Å²) in [5.74, 6) is 0.652. The molecule has 1 heterocycles. The standard InChI is InChI=1S/C38H32N2/c1-4-6-7-16-28(3)17-12-22-31(15-5-2)38-39-36(34-25-13-20-29-18-8-10-23-32(29)34)27-37(40-38)35-26-14-21-30-19-9-11-24-33(30)35/h4-16,18-27H,2-3,17H2,1H3/b6-4-,16-7-,22-12-,31-15+. The largest absolute Gasteiger partial charge is 0.228 e. The van der Waals surface area contributed by atoms with Crippen LogP contribution in [0, 0.1) is 0 Å². The molecule has 2 heteroatoms. The van der Waals surface area contributed by atoms with E-state index in [0.29, 0.717) is 5.82 Å². The second-order valence-electron chi connectivity index (χ2n) is 9.52. The van der Waals surface area contributed by atoms with Crippen LogP contribution in [0.2, 0.25) is 0 Å². The van der Waals surface area contributed by atoms with Gasteiger partial charge in [-0.3, -0.25) is 0 Å². The zero-order valence-electron chi connectivity index (χ0n) is 22.8. The molecule has 0 aliphatic heterocycles. The second-order valence-corrected chi connectivity index (χ2v) is 9.52. The van der Waals surface area contributed by atoms with Crippen LogP contribution in [0.5, 0.6) is 0 Å². The first-order valence-corrected chi connectivity index (χ1v) is 13.5. The van der Waals surface area contributed by atoms with E-state index in [4.69, 9.17) is 9.97 Å². The van der Waals surface area contributed by atoms with Crippen molar-refractivity contribution in [3.8, 4) is 22.5 Å². The zero-order chi connectivity index (χ0) is 27.7. The van der Waals surface area contributed by atoms with Crippen molar-refractivity contribution in [3.63, 3.8) is 0 Å². The summed E-state index contributed by atoms with van der Waals surface area (Å²) in [4.78, 5) is 10.2. The maximum Gasteiger partial charge on any atom is 0.160 e. The molecule has 0 aliphatic carbocycles. The fraction of sp³-hybridized carbons (Fsp3) is 0.0526. The molecule has 2 nitrogen and oxygen atoms in total. The maximum atomic E-state index is 5.11. The first-order chi connectivity index (χ1) is 19.7. The van der Waals surface area contributed by atoms with Gasteiger partial charge < -0.3 is 0 Å². The molecule has 0 amide bonds. The third-order valence-electron chi connectivity index (χ3n) is 6.73. The van der Waals surface area contributed by atoms with Gasteiger partial charge in [0.15, 0.2) is 5.82 Å². The van der Waals surface area contributed by atoms with Gasteiger partial charge in [-0.2, -0.15) is 0 Å². The van der Waals surface area contributed by atoms with Crippen LogP contribution in [-0.2, 0) is 0 Å². The molecule has 4 aromatic carbocycles. The molecule has 0 unspecified atom stereocenters. The molecule has 0 atom stereocenters. The van der Waals surface area contributed by atoms with Crippen LogP contribution in [0.1, 0.15) is 19.2 Å². The lowest BCUT2D eigenvalue weighted by atomic mass is 9.98. The predicted molar refractivity (Wildman–Crippen MR) is 173 cm³/mol. The van der Waals surface area contributed by atoms with Gasteiger partial charge >= 0.3 is 0 Å². The molecular weight excluding hydrogens is 484 g/mol. The van der Waals surface area contributed by atoms with Crippen molar-refractivity contribution < 1.29 is 0 Å². The lowest BCUT2D eigenvalue weighted by molar-refractivity contribution is 1.13. The van der Waals surface area contributed by atoms with Crippen LogP contribution in [-0.4, -0.2) is 9.97 Å². The van der Waals surface area contributed by atoms with Crippen molar-refractivity contribution in [1.29, 1.82) is 0 Å². The van der Waals surface area contributed by atoms with Crippen LogP contribution < -0.4 is 0 Å². The Kier molecular flexibility index (Phi) is 8.38. The highest BCUT2D eigenvalue weighted by molar-refractivity contribution is 5.99. The smallest absolute Gasteiger partial charge is 0.160 e. The van der Waals surface area contributed by atoms with Gasteiger partial charge in [-0.15, -0.1) is 0 Å². The van der Waals surface area contributed by atoms with E-state index in [-0.39, 0.29) is 0 Å². The van der Waals surface area contributed by atoms with Gasteiger partial charge in [0.2, 0.25) is 0 Å². The molecule has 5 aromatic rings. The number of rotatable bonds is 9. The van der Waals surface area contributed by atoms with Crippen LogP contribution in [0.25, 0.3) is 49.6 Å². The third-order valence-corrected chi connectivity index (χ3v) is 6.73. The first kappa shape index (κ1) is 26.5. The Balaban J connectivity index is 1.66.